The normalized spacial score (nSPS) is 12.1. The molecule has 0 saturated carbocycles. The Morgan fingerprint density at radius 3 is 2.79 bits per heavy atom. The van der Waals surface area contributed by atoms with Gasteiger partial charge in [-0.3, -0.25) is 0 Å². The quantitative estimate of drug-likeness (QED) is 0.675. The Morgan fingerprint density at radius 1 is 1.43 bits per heavy atom. The van der Waals surface area contributed by atoms with Crippen LogP contribution < -0.4 is 0 Å². The van der Waals surface area contributed by atoms with Crippen molar-refractivity contribution in [3.8, 4) is 11.3 Å². The summed E-state index contributed by atoms with van der Waals surface area (Å²) in [6.45, 7) is 0. The van der Waals surface area contributed by atoms with Crippen LogP contribution >= 0.6 is 0 Å². The van der Waals surface area contributed by atoms with Crippen molar-refractivity contribution in [2.45, 2.75) is 5.03 Å². The SMILES string of the molecule is CS(=O)(=O)c1nnc2cn(O)ccc1-2. The molecule has 0 aromatic carbocycles. The Bertz CT molecular complexity index is 545. The van der Waals surface area contributed by atoms with E-state index < -0.39 is 9.84 Å². The van der Waals surface area contributed by atoms with E-state index >= 15 is 0 Å². The smallest absolute Gasteiger partial charge is 0.195 e. The number of sulfone groups is 1. The summed E-state index contributed by atoms with van der Waals surface area (Å²) in [5, 5.41) is 16.2. The molecule has 0 fully saturated rings. The van der Waals surface area contributed by atoms with Crippen LogP contribution in [0.1, 0.15) is 0 Å². The molecule has 1 N–H and O–H groups in total. The summed E-state index contributed by atoms with van der Waals surface area (Å²) in [4.78, 5) is 0. The van der Waals surface area contributed by atoms with Crippen LogP contribution in [0.2, 0.25) is 0 Å². The second-order valence-corrected chi connectivity index (χ2v) is 4.83. The van der Waals surface area contributed by atoms with Crippen molar-refractivity contribution in [2.75, 3.05) is 6.26 Å². The van der Waals surface area contributed by atoms with Gasteiger partial charge in [0.1, 0.15) is 5.69 Å². The first kappa shape index (κ1) is 8.95. The molecule has 0 amide bonds. The third-order valence-electron chi connectivity index (χ3n) is 1.75. The van der Waals surface area contributed by atoms with Gasteiger partial charge in [-0.1, -0.05) is 0 Å². The topological polar surface area (TPSA) is 85.1 Å². The van der Waals surface area contributed by atoms with Gasteiger partial charge in [0, 0.05) is 18.0 Å². The van der Waals surface area contributed by atoms with Gasteiger partial charge in [-0.25, -0.2) is 8.42 Å². The molecular weight excluding hydrogens is 206 g/mol. The lowest BCUT2D eigenvalue weighted by Crippen LogP contribution is -1.99. The van der Waals surface area contributed by atoms with E-state index in [-0.39, 0.29) is 5.03 Å². The summed E-state index contributed by atoms with van der Waals surface area (Å²) in [6, 6.07) is 1.45. The molecule has 0 radical (unpaired) electrons. The number of rotatable bonds is 1. The van der Waals surface area contributed by atoms with Crippen molar-refractivity contribution in [3.05, 3.63) is 18.5 Å². The molecule has 14 heavy (non-hydrogen) atoms. The Labute approximate surface area is 80.0 Å². The fourth-order valence-electron chi connectivity index (χ4n) is 1.16. The number of aromatic nitrogens is 3. The van der Waals surface area contributed by atoms with Crippen LogP contribution in [0.5, 0.6) is 0 Å². The number of hydrogen-bond donors (Lipinski definition) is 1. The zero-order valence-electron chi connectivity index (χ0n) is 7.25. The van der Waals surface area contributed by atoms with Crippen LogP contribution in [0.4, 0.5) is 0 Å². The van der Waals surface area contributed by atoms with E-state index in [1.807, 2.05) is 0 Å². The zero-order chi connectivity index (χ0) is 10.3. The van der Waals surface area contributed by atoms with Crippen molar-refractivity contribution >= 4 is 9.84 Å². The molecule has 0 aromatic rings. The molecule has 0 bridgehead atoms. The van der Waals surface area contributed by atoms with Crippen molar-refractivity contribution in [1.82, 2.24) is 14.9 Å². The van der Waals surface area contributed by atoms with E-state index in [2.05, 4.69) is 10.2 Å². The third kappa shape index (κ3) is 1.31. The Balaban J connectivity index is 2.74. The molecule has 2 heterocycles. The molecule has 0 unspecified atom stereocenters. The first-order chi connectivity index (χ1) is 6.48. The van der Waals surface area contributed by atoms with Crippen molar-refractivity contribution in [2.24, 2.45) is 0 Å². The van der Waals surface area contributed by atoms with Gasteiger partial charge in [0.05, 0.1) is 6.20 Å². The van der Waals surface area contributed by atoms with Crippen molar-refractivity contribution in [3.63, 3.8) is 0 Å². The number of fused-ring (bicyclic) bond motifs is 1. The summed E-state index contributed by atoms with van der Waals surface area (Å²) in [5.41, 5.74) is 0.758. The summed E-state index contributed by atoms with van der Waals surface area (Å²) in [5.74, 6) is 0. The predicted octanol–water partition coefficient (Wildman–Crippen LogP) is 0.0237. The highest BCUT2D eigenvalue weighted by Gasteiger charge is 2.21. The van der Waals surface area contributed by atoms with E-state index in [0.717, 1.165) is 11.0 Å². The molecule has 2 rings (SSSR count). The van der Waals surface area contributed by atoms with Gasteiger partial charge in [0.15, 0.2) is 14.9 Å². The Kier molecular flexibility index (Phi) is 1.71. The standard InChI is InChI=1S/C7H7N3O3S/c1-14(12,13)7-5-2-3-10(11)4-6(5)8-9-7/h2-4,11H,1H3. The lowest BCUT2D eigenvalue weighted by molar-refractivity contribution is 0.184. The number of hydrogen-bond acceptors (Lipinski definition) is 5. The minimum absolute atomic E-state index is 0.0619. The predicted molar refractivity (Wildman–Crippen MR) is 46.9 cm³/mol. The highest BCUT2D eigenvalue weighted by molar-refractivity contribution is 7.90. The molecule has 0 atom stereocenters. The van der Waals surface area contributed by atoms with E-state index in [0.29, 0.717) is 11.3 Å². The van der Waals surface area contributed by atoms with E-state index in [4.69, 9.17) is 5.21 Å². The van der Waals surface area contributed by atoms with Crippen LogP contribution in [0.3, 0.4) is 0 Å². The highest BCUT2D eigenvalue weighted by Crippen LogP contribution is 2.25. The van der Waals surface area contributed by atoms with Crippen LogP contribution in [-0.2, 0) is 9.84 Å². The summed E-state index contributed by atoms with van der Waals surface area (Å²) in [6.07, 6.45) is 3.67. The van der Waals surface area contributed by atoms with Crippen molar-refractivity contribution in [1.29, 1.82) is 0 Å². The third-order valence-corrected chi connectivity index (χ3v) is 2.76. The van der Waals surface area contributed by atoms with Gasteiger partial charge in [-0.05, 0) is 6.07 Å². The lowest BCUT2D eigenvalue weighted by atomic mass is 10.2. The average molecular weight is 213 g/mol. The first-order valence-electron chi connectivity index (χ1n) is 3.72. The molecule has 0 aromatic heterocycles. The maximum Gasteiger partial charge on any atom is 0.195 e. The van der Waals surface area contributed by atoms with E-state index in [1.54, 1.807) is 0 Å². The fraction of sp³-hybridized carbons (Fsp3) is 0.143. The van der Waals surface area contributed by atoms with Crippen molar-refractivity contribution < 1.29 is 13.6 Å². The largest absolute Gasteiger partial charge is 0.429 e. The van der Waals surface area contributed by atoms with E-state index in [9.17, 15) is 8.42 Å². The van der Waals surface area contributed by atoms with Gasteiger partial charge in [0.2, 0.25) is 0 Å². The Morgan fingerprint density at radius 2 is 2.14 bits per heavy atom. The number of nitrogens with zero attached hydrogens (tertiary/aromatic N) is 3. The zero-order valence-corrected chi connectivity index (χ0v) is 8.06. The van der Waals surface area contributed by atoms with Crippen LogP contribution in [0.25, 0.3) is 11.3 Å². The fourth-order valence-corrected chi connectivity index (χ4v) is 1.92. The van der Waals surface area contributed by atoms with Gasteiger partial charge >= 0.3 is 0 Å². The second kappa shape index (κ2) is 2.68. The maximum atomic E-state index is 11.2. The van der Waals surface area contributed by atoms with Crippen LogP contribution in [0, 0.1) is 0 Å². The molecule has 2 aliphatic rings. The number of pyridine rings is 1. The van der Waals surface area contributed by atoms with Crippen LogP contribution in [-0.4, -0.2) is 34.8 Å². The molecule has 7 heteroatoms. The summed E-state index contributed by atoms with van der Waals surface area (Å²) in [7, 11) is -3.36. The first-order valence-corrected chi connectivity index (χ1v) is 5.61. The van der Waals surface area contributed by atoms with Gasteiger partial charge in [0.25, 0.3) is 0 Å². The second-order valence-electron chi connectivity index (χ2n) is 2.90. The Hall–Kier alpha value is -1.63. The summed E-state index contributed by atoms with van der Waals surface area (Å²) < 4.78 is 23.2. The molecule has 74 valence electrons. The van der Waals surface area contributed by atoms with E-state index in [1.165, 1.54) is 18.5 Å². The average Bonchev–Trinajstić information content (AvgIpc) is 2.45. The minimum Gasteiger partial charge on any atom is -0.429 e. The minimum atomic E-state index is -3.36. The lowest BCUT2D eigenvalue weighted by Gasteiger charge is -2.00. The summed E-state index contributed by atoms with van der Waals surface area (Å²) >= 11 is 0. The highest BCUT2D eigenvalue weighted by atomic mass is 32.2. The van der Waals surface area contributed by atoms with Gasteiger partial charge in [-0.15, -0.1) is 10.2 Å². The maximum absolute atomic E-state index is 11.2. The molecule has 0 spiro atoms. The molecule has 0 aliphatic carbocycles. The van der Waals surface area contributed by atoms with Gasteiger partial charge in [-0.2, -0.15) is 4.73 Å². The monoisotopic (exact) mass is 213 g/mol. The molecule has 0 saturated heterocycles. The molecule has 6 nitrogen and oxygen atoms in total. The van der Waals surface area contributed by atoms with Gasteiger partial charge < -0.3 is 5.21 Å². The molecule has 2 aliphatic heterocycles. The van der Waals surface area contributed by atoms with Crippen LogP contribution in [0.15, 0.2) is 23.5 Å². The molecular formula is C7H7N3O3S.